The van der Waals surface area contributed by atoms with Crippen LogP contribution in [0.1, 0.15) is 27.0 Å². The smallest absolute Gasteiger partial charge is 0.265 e. The molecule has 0 saturated carbocycles. The summed E-state index contributed by atoms with van der Waals surface area (Å²) in [6.07, 6.45) is 0.0503. The molecule has 2 amide bonds. The highest BCUT2D eigenvalue weighted by Crippen LogP contribution is 2.28. The summed E-state index contributed by atoms with van der Waals surface area (Å²) in [6, 6.07) is 14.7. The first-order valence-corrected chi connectivity index (χ1v) is 12.5. The molecule has 32 heavy (non-hydrogen) atoms. The van der Waals surface area contributed by atoms with Gasteiger partial charge in [-0.25, -0.2) is 13.3 Å². The van der Waals surface area contributed by atoms with E-state index in [1.807, 2.05) is 13.0 Å². The number of carbonyl (C=O) groups is 3. The number of carbonyl (C=O) groups excluding carboxylic acids is 3. The van der Waals surface area contributed by atoms with Crippen LogP contribution in [0.15, 0.2) is 58.8 Å². The van der Waals surface area contributed by atoms with Gasteiger partial charge in [-0.3, -0.25) is 14.4 Å². The number of ketones is 1. The van der Waals surface area contributed by atoms with E-state index in [4.69, 9.17) is 11.6 Å². The third-order valence-electron chi connectivity index (χ3n) is 5.09. The number of benzene rings is 2. The summed E-state index contributed by atoms with van der Waals surface area (Å²) in [5.74, 6) is -1.79. The van der Waals surface area contributed by atoms with Crippen LogP contribution in [-0.2, 0) is 32.3 Å². The number of Topliss-reactive ketones (excluding diaryl/α,β-unsaturated/α-hetero) is 1. The number of hydrogen-bond donors (Lipinski definition) is 0. The zero-order chi connectivity index (χ0) is 23.0. The fourth-order valence-corrected chi connectivity index (χ4v) is 6.38. The van der Waals surface area contributed by atoms with Gasteiger partial charge in [0.1, 0.15) is 9.96 Å². The lowest BCUT2D eigenvalue weighted by atomic mass is 9.96. The summed E-state index contributed by atoms with van der Waals surface area (Å²) in [5, 5.41) is 0. The SMILES string of the molecule is Cc1ccc2c(c1)C(=O)N(c1ccc(CC(=O)CS(=O)(=O)c3ccc(Cl)s3)cc1)C(=O)C2. The first-order chi connectivity index (χ1) is 15.1. The van der Waals surface area contributed by atoms with Crippen molar-refractivity contribution in [2.75, 3.05) is 10.7 Å². The van der Waals surface area contributed by atoms with Gasteiger partial charge in [0.15, 0.2) is 15.6 Å². The summed E-state index contributed by atoms with van der Waals surface area (Å²) >= 11 is 6.70. The van der Waals surface area contributed by atoms with Crippen molar-refractivity contribution in [2.24, 2.45) is 0 Å². The van der Waals surface area contributed by atoms with E-state index in [2.05, 4.69) is 0 Å². The van der Waals surface area contributed by atoms with Gasteiger partial charge in [-0.05, 0) is 48.4 Å². The van der Waals surface area contributed by atoms with E-state index < -0.39 is 21.4 Å². The average molecular weight is 488 g/mol. The van der Waals surface area contributed by atoms with Crippen molar-refractivity contribution in [1.82, 2.24) is 0 Å². The highest BCUT2D eigenvalue weighted by molar-refractivity contribution is 7.94. The number of thiophene rings is 1. The van der Waals surface area contributed by atoms with Crippen LogP contribution in [0.5, 0.6) is 0 Å². The number of nitrogens with zero attached hydrogens (tertiary/aromatic N) is 1. The maximum atomic E-state index is 12.9. The highest BCUT2D eigenvalue weighted by atomic mass is 35.5. The largest absolute Gasteiger partial charge is 0.298 e. The van der Waals surface area contributed by atoms with Crippen LogP contribution in [0.4, 0.5) is 5.69 Å². The maximum Gasteiger partial charge on any atom is 0.265 e. The molecular formula is C23H18ClNO5S2. The van der Waals surface area contributed by atoms with E-state index in [9.17, 15) is 22.8 Å². The minimum absolute atomic E-state index is 0.0591. The highest BCUT2D eigenvalue weighted by Gasteiger charge is 2.32. The zero-order valence-electron chi connectivity index (χ0n) is 17.0. The predicted molar refractivity (Wildman–Crippen MR) is 123 cm³/mol. The minimum Gasteiger partial charge on any atom is -0.298 e. The molecule has 0 N–H and O–H groups in total. The van der Waals surface area contributed by atoms with Crippen molar-refractivity contribution in [3.63, 3.8) is 0 Å². The lowest BCUT2D eigenvalue weighted by Gasteiger charge is -2.27. The number of halogens is 1. The number of sulfone groups is 1. The molecular weight excluding hydrogens is 470 g/mol. The van der Waals surface area contributed by atoms with Crippen molar-refractivity contribution in [1.29, 1.82) is 0 Å². The van der Waals surface area contributed by atoms with Gasteiger partial charge in [0.05, 0.1) is 16.4 Å². The molecule has 3 aromatic rings. The molecule has 6 nitrogen and oxygen atoms in total. The zero-order valence-corrected chi connectivity index (χ0v) is 19.4. The average Bonchev–Trinajstić information content (AvgIpc) is 3.17. The van der Waals surface area contributed by atoms with Crippen molar-refractivity contribution in [3.05, 3.63) is 81.2 Å². The number of imide groups is 1. The van der Waals surface area contributed by atoms with Crippen molar-refractivity contribution in [3.8, 4) is 0 Å². The van der Waals surface area contributed by atoms with Gasteiger partial charge in [0.2, 0.25) is 5.91 Å². The molecule has 164 valence electrons. The molecule has 4 rings (SSSR count). The van der Waals surface area contributed by atoms with Crippen LogP contribution in [-0.4, -0.2) is 31.8 Å². The number of fused-ring (bicyclic) bond motifs is 1. The Kier molecular flexibility index (Phi) is 6.03. The molecule has 0 bridgehead atoms. The molecule has 9 heteroatoms. The van der Waals surface area contributed by atoms with E-state index in [1.165, 1.54) is 12.1 Å². The Balaban J connectivity index is 1.48. The quantitative estimate of drug-likeness (QED) is 0.490. The van der Waals surface area contributed by atoms with Gasteiger partial charge in [0.25, 0.3) is 5.91 Å². The monoisotopic (exact) mass is 487 g/mol. The van der Waals surface area contributed by atoms with Gasteiger partial charge in [0, 0.05) is 12.0 Å². The van der Waals surface area contributed by atoms with Crippen LogP contribution in [0, 0.1) is 6.92 Å². The summed E-state index contributed by atoms with van der Waals surface area (Å²) in [4.78, 5) is 39.0. The third kappa shape index (κ3) is 4.53. The van der Waals surface area contributed by atoms with Gasteiger partial charge in [-0.15, -0.1) is 11.3 Å². The molecule has 0 radical (unpaired) electrons. The maximum absolute atomic E-state index is 12.9. The van der Waals surface area contributed by atoms with Gasteiger partial charge in [-0.1, -0.05) is 41.4 Å². The van der Waals surface area contributed by atoms with Gasteiger partial charge >= 0.3 is 0 Å². The molecule has 1 aromatic heterocycles. The summed E-state index contributed by atoms with van der Waals surface area (Å²) in [5.41, 5.74) is 3.13. The van der Waals surface area contributed by atoms with Crippen LogP contribution < -0.4 is 4.90 Å². The first kappa shape index (κ1) is 22.4. The van der Waals surface area contributed by atoms with Crippen LogP contribution in [0.25, 0.3) is 0 Å². The number of hydrogen-bond acceptors (Lipinski definition) is 6. The Labute approximate surface area is 194 Å². The molecule has 0 atom stereocenters. The molecule has 0 aliphatic carbocycles. The summed E-state index contributed by atoms with van der Waals surface area (Å²) < 4.78 is 25.1. The van der Waals surface area contributed by atoms with Crippen LogP contribution >= 0.6 is 22.9 Å². The molecule has 1 aliphatic rings. The first-order valence-electron chi connectivity index (χ1n) is 9.69. The molecule has 0 saturated heterocycles. The summed E-state index contributed by atoms with van der Waals surface area (Å²) in [6.45, 7) is 1.88. The van der Waals surface area contributed by atoms with E-state index >= 15 is 0 Å². The third-order valence-corrected chi connectivity index (χ3v) is 8.58. The number of amides is 2. The van der Waals surface area contributed by atoms with Crippen molar-refractivity contribution in [2.45, 2.75) is 24.0 Å². The number of anilines is 1. The van der Waals surface area contributed by atoms with Gasteiger partial charge in [-0.2, -0.15) is 0 Å². The second kappa shape index (κ2) is 8.61. The van der Waals surface area contributed by atoms with Crippen LogP contribution in [0.2, 0.25) is 4.34 Å². The van der Waals surface area contributed by atoms with E-state index in [-0.39, 0.29) is 28.9 Å². The standard InChI is InChI=1S/C23H18ClNO5S2/c1-14-2-5-16-12-21(27)25(23(28)19(16)10-14)17-6-3-15(4-7-17)11-18(26)13-32(29,30)22-9-8-20(24)31-22/h2-10H,11-13H2,1H3. The lowest BCUT2D eigenvalue weighted by molar-refractivity contribution is -0.118. The Morgan fingerprint density at radius 1 is 1.06 bits per heavy atom. The van der Waals surface area contributed by atoms with E-state index in [0.717, 1.165) is 21.8 Å². The molecule has 2 aromatic carbocycles. The molecule has 2 heterocycles. The molecule has 0 fully saturated rings. The molecule has 1 aliphatic heterocycles. The predicted octanol–water partition coefficient (Wildman–Crippen LogP) is 4.02. The number of rotatable bonds is 6. The Hall–Kier alpha value is -2.81. The van der Waals surface area contributed by atoms with Gasteiger partial charge < -0.3 is 0 Å². The molecule has 0 spiro atoms. The van der Waals surface area contributed by atoms with Crippen molar-refractivity contribution >= 4 is 56.1 Å². The number of aryl methyl sites for hydroxylation is 1. The lowest BCUT2D eigenvalue weighted by Crippen LogP contribution is -2.42. The second-order valence-corrected chi connectivity index (χ2v) is 11.5. The van der Waals surface area contributed by atoms with Crippen LogP contribution in [0.3, 0.4) is 0 Å². The topological polar surface area (TPSA) is 88.6 Å². The Morgan fingerprint density at radius 2 is 1.78 bits per heavy atom. The van der Waals surface area contributed by atoms with E-state index in [0.29, 0.717) is 26.7 Å². The Morgan fingerprint density at radius 3 is 2.44 bits per heavy atom. The fraction of sp³-hybridized carbons (Fsp3) is 0.174. The molecule has 0 unspecified atom stereocenters. The fourth-order valence-electron chi connectivity index (χ4n) is 3.57. The van der Waals surface area contributed by atoms with Crippen molar-refractivity contribution < 1.29 is 22.8 Å². The minimum atomic E-state index is -3.74. The normalized spacial score (nSPS) is 13.9. The Bertz CT molecular complexity index is 1340. The second-order valence-electron chi connectivity index (χ2n) is 7.57. The van der Waals surface area contributed by atoms with E-state index in [1.54, 1.807) is 36.4 Å². The summed E-state index contributed by atoms with van der Waals surface area (Å²) in [7, 11) is -3.74.